The molecular formula is C13H12N2O4. The summed E-state index contributed by atoms with van der Waals surface area (Å²) in [4.78, 5) is 23.2. The standard InChI is InChI=1S/C13H12N2O4/c1-3-18-13(17)10(8(2)16)7-9-5-4-6-11-12(9)14-15-19-11/h4-7H,3H2,1-2H3. The molecule has 0 N–H and O–H groups in total. The molecule has 6 nitrogen and oxygen atoms in total. The second-order valence-electron chi connectivity index (χ2n) is 3.80. The van der Waals surface area contributed by atoms with Gasteiger partial charge in [0.25, 0.3) is 0 Å². The lowest BCUT2D eigenvalue weighted by molar-refractivity contribution is -0.139. The van der Waals surface area contributed by atoms with E-state index in [1.807, 2.05) is 0 Å². The topological polar surface area (TPSA) is 82.3 Å². The van der Waals surface area contributed by atoms with Crippen molar-refractivity contribution in [3.63, 3.8) is 0 Å². The van der Waals surface area contributed by atoms with Gasteiger partial charge in [-0.05, 0) is 26.0 Å². The SMILES string of the molecule is CCOC(=O)C(=Cc1cccc2onnc12)C(C)=O. The summed E-state index contributed by atoms with van der Waals surface area (Å²) < 4.78 is 9.76. The molecule has 0 aliphatic rings. The van der Waals surface area contributed by atoms with E-state index >= 15 is 0 Å². The lowest BCUT2D eigenvalue weighted by Crippen LogP contribution is -2.13. The Balaban J connectivity index is 2.49. The van der Waals surface area contributed by atoms with Gasteiger partial charge in [-0.25, -0.2) is 4.79 Å². The van der Waals surface area contributed by atoms with Crippen molar-refractivity contribution in [2.45, 2.75) is 13.8 Å². The Kier molecular flexibility index (Phi) is 3.70. The molecule has 0 fully saturated rings. The molecule has 0 saturated heterocycles. The predicted molar refractivity (Wildman–Crippen MR) is 67.1 cm³/mol. The zero-order valence-electron chi connectivity index (χ0n) is 10.5. The molecule has 0 bridgehead atoms. The summed E-state index contributed by atoms with van der Waals surface area (Å²) in [6, 6.07) is 5.14. The van der Waals surface area contributed by atoms with Crippen LogP contribution in [0.2, 0.25) is 0 Å². The van der Waals surface area contributed by atoms with Crippen molar-refractivity contribution in [3.05, 3.63) is 29.3 Å². The third-order valence-electron chi connectivity index (χ3n) is 2.48. The summed E-state index contributed by atoms with van der Waals surface area (Å²) in [6.45, 7) is 3.20. The number of aromatic nitrogens is 2. The van der Waals surface area contributed by atoms with Crippen LogP contribution in [0, 0.1) is 0 Å². The number of ketones is 1. The first-order chi connectivity index (χ1) is 9.13. The van der Waals surface area contributed by atoms with E-state index in [4.69, 9.17) is 9.26 Å². The fraction of sp³-hybridized carbons (Fsp3) is 0.231. The monoisotopic (exact) mass is 260 g/mol. The molecule has 1 heterocycles. The summed E-state index contributed by atoms with van der Waals surface area (Å²) in [5.41, 5.74) is 1.53. The van der Waals surface area contributed by atoms with E-state index in [0.717, 1.165) is 0 Å². The van der Waals surface area contributed by atoms with E-state index in [2.05, 4.69) is 10.4 Å². The van der Waals surface area contributed by atoms with Crippen molar-refractivity contribution in [2.24, 2.45) is 0 Å². The van der Waals surface area contributed by atoms with E-state index in [1.165, 1.54) is 13.0 Å². The summed E-state index contributed by atoms with van der Waals surface area (Å²) in [5, 5.41) is 7.25. The van der Waals surface area contributed by atoms with Gasteiger partial charge >= 0.3 is 5.97 Å². The minimum atomic E-state index is -0.650. The highest BCUT2D eigenvalue weighted by molar-refractivity contribution is 6.20. The summed E-state index contributed by atoms with van der Waals surface area (Å²) in [6.07, 6.45) is 1.44. The van der Waals surface area contributed by atoms with E-state index in [-0.39, 0.29) is 18.0 Å². The maximum Gasteiger partial charge on any atom is 0.341 e. The number of hydrogen-bond donors (Lipinski definition) is 0. The number of ether oxygens (including phenoxy) is 1. The third kappa shape index (κ3) is 2.67. The Labute approximate surface area is 109 Å². The number of Topliss-reactive ketones (excluding diaryl/α,β-unsaturated/α-hetero) is 1. The zero-order valence-corrected chi connectivity index (χ0v) is 10.5. The highest BCUT2D eigenvalue weighted by Crippen LogP contribution is 2.19. The molecule has 19 heavy (non-hydrogen) atoms. The molecule has 2 rings (SSSR count). The molecule has 1 aromatic carbocycles. The van der Waals surface area contributed by atoms with Gasteiger partial charge < -0.3 is 9.26 Å². The molecule has 0 atom stereocenters. The van der Waals surface area contributed by atoms with Gasteiger partial charge in [-0.15, -0.1) is 5.10 Å². The van der Waals surface area contributed by atoms with Crippen LogP contribution in [0.4, 0.5) is 0 Å². The molecule has 0 unspecified atom stereocenters. The third-order valence-corrected chi connectivity index (χ3v) is 2.48. The molecule has 0 saturated carbocycles. The lowest BCUT2D eigenvalue weighted by Gasteiger charge is -2.03. The summed E-state index contributed by atoms with van der Waals surface area (Å²) >= 11 is 0. The summed E-state index contributed by atoms with van der Waals surface area (Å²) in [5.74, 6) is -1.02. The molecule has 98 valence electrons. The number of benzene rings is 1. The van der Waals surface area contributed by atoms with Crippen LogP contribution in [0.5, 0.6) is 0 Å². The van der Waals surface area contributed by atoms with Gasteiger partial charge in [-0.1, -0.05) is 12.1 Å². The number of fused-ring (bicyclic) bond motifs is 1. The van der Waals surface area contributed by atoms with E-state index in [0.29, 0.717) is 16.7 Å². The van der Waals surface area contributed by atoms with Crippen LogP contribution in [0.3, 0.4) is 0 Å². The Morgan fingerprint density at radius 3 is 2.89 bits per heavy atom. The largest absolute Gasteiger partial charge is 0.462 e. The second-order valence-corrected chi connectivity index (χ2v) is 3.80. The lowest BCUT2D eigenvalue weighted by atomic mass is 10.1. The maximum absolute atomic E-state index is 11.7. The Bertz CT molecular complexity index is 657. The summed E-state index contributed by atoms with van der Waals surface area (Å²) in [7, 11) is 0. The number of esters is 1. The van der Waals surface area contributed by atoms with Crippen LogP contribution in [-0.2, 0) is 14.3 Å². The van der Waals surface area contributed by atoms with E-state index in [1.54, 1.807) is 25.1 Å². The average molecular weight is 260 g/mol. The quantitative estimate of drug-likeness (QED) is 0.360. The number of rotatable bonds is 4. The van der Waals surface area contributed by atoms with E-state index in [9.17, 15) is 9.59 Å². The number of hydrogen-bond acceptors (Lipinski definition) is 6. The minimum Gasteiger partial charge on any atom is -0.462 e. The Hall–Kier alpha value is -2.50. The van der Waals surface area contributed by atoms with Crippen molar-refractivity contribution >= 4 is 28.9 Å². The van der Waals surface area contributed by atoms with Gasteiger partial charge in [0, 0.05) is 10.8 Å². The Morgan fingerprint density at radius 2 is 2.21 bits per heavy atom. The predicted octanol–water partition coefficient (Wildman–Crippen LogP) is 1.76. The second kappa shape index (κ2) is 5.43. The van der Waals surface area contributed by atoms with Crippen molar-refractivity contribution in [1.29, 1.82) is 0 Å². The number of carbonyl (C=O) groups is 2. The molecular weight excluding hydrogens is 248 g/mol. The first kappa shape index (κ1) is 12.9. The molecule has 0 amide bonds. The maximum atomic E-state index is 11.7. The van der Waals surface area contributed by atoms with Gasteiger partial charge in [0.15, 0.2) is 11.4 Å². The molecule has 0 radical (unpaired) electrons. The van der Waals surface area contributed by atoms with Crippen LogP contribution in [0.25, 0.3) is 17.2 Å². The smallest absolute Gasteiger partial charge is 0.341 e. The van der Waals surface area contributed by atoms with Crippen LogP contribution in [-0.4, -0.2) is 28.7 Å². The van der Waals surface area contributed by atoms with Crippen LogP contribution >= 0.6 is 0 Å². The number of nitrogens with zero attached hydrogens (tertiary/aromatic N) is 2. The van der Waals surface area contributed by atoms with Crippen molar-refractivity contribution in [2.75, 3.05) is 6.61 Å². The van der Waals surface area contributed by atoms with Crippen molar-refractivity contribution < 1.29 is 18.8 Å². The van der Waals surface area contributed by atoms with Gasteiger partial charge in [-0.2, -0.15) is 0 Å². The number of carbonyl (C=O) groups excluding carboxylic acids is 2. The zero-order chi connectivity index (χ0) is 13.8. The first-order valence-corrected chi connectivity index (χ1v) is 5.74. The Morgan fingerprint density at radius 1 is 1.42 bits per heavy atom. The highest BCUT2D eigenvalue weighted by atomic mass is 16.5. The minimum absolute atomic E-state index is 0.0302. The molecule has 0 aliphatic carbocycles. The highest BCUT2D eigenvalue weighted by Gasteiger charge is 2.16. The van der Waals surface area contributed by atoms with Crippen molar-refractivity contribution in [1.82, 2.24) is 10.4 Å². The van der Waals surface area contributed by atoms with Crippen molar-refractivity contribution in [3.8, 4) is 0 Å². The fourth-order valence-corrected chi connectivity index (χ4v) is 1.61. The van der Waals surface area contributed by atoms with Gasteiger partial charge in [-0.3, -0.25) is 4.79 Å². The first-order valence-electron chi connectivity index (χ1n) is 5.74. The molecule has 6 heteroatoms. The molecule has 0 spiro atoms. The average Bonchev–Trinajstić information content (AvgIpc) is 2.84. The molecule has 1 aromatic heterocycles. The van der Waals surface area contributed by atoms with E-state index < -0.39 is 5.97 Å². The molecule has 2 aromatic rings. The fourth-order valence-electron chi connectivity index (χ4n) is 1.61. The van der Waals surface area contributed by atoms with Gasteiger partial charge in [0.2, 0.25) is 0 Å². The van der Waals surface area contributed by atoms with Gasteiger partial charge in [0.05, 0.1) is 6.61 Å². The normalized spacial score (nSPS) is 11.6. The van der Waals surface area contributed by atoms with Gasteiger partial charge in [0.1, 0.15) is 11.1 Å². The van der Waals surface area contributed by atoms with Crippen LogP contribution in [0.15, 0.2) is 28.3 Å². The van der Waals surface area contributed by atoms with Crippen LogP contribution in [0.1, 0.15) is 19.4 Å². The van der Waals surface area contributed by atoms with Crippen LogP contribution < -0.4 is 0 Å². The molecule has 0 aliphatic heterocycles.